The topological polar surface area (TPSA) is 68.8 Å². The van der Waals surface area contributed by atoms with E-state index in [4.69, 9.17) is 12.3 Å². The molecule has 0 spiro atoms. The molecule has 0 saturated heterocycles. The first-order chi connectivity index (χ1) is 5.27. The highest BCUT2D eigenvalue weighted by atomic mass is 15.4. The van der Waals surface area contributed by atoms with E-state index in [0.29, 0.717) is 5.69 Å². The van der Waals surface area contributed by atoms with Crippen LogP contribution in [0.4, 0.5) is 0 Å². The second-order valence-electron chi connectivity index (χ2n) is 2.08. The molecule has 11 heavy (non-hydrogen) atoms. The quantitative estimate of drug-likeness (QED) is 0.321. The molecule has 5 heteroatoms. The fraction of sp³-hybridized carbons (Fsp3) is 0.333. The van der Waals surface area contributed by atoms with Gasteiger partial charge in [-0.05, 0) is 0 Å². The molecule has 0 amide bonds. The molecular weight excluding hydrogens is 142 g/mol. The molecule has 1 heterocycles. The molecule has 0 aromatic carbocycles. The van der Waals surface area contributed by atoms with E-state index in [-0.39, 0.29) is 6.04 Å². The minimum absolute atomic E-state index is 0.358. The molecule has 58 valence electrons. The van der Waals surface area contributed by atoms with Crippen LogP contribution in [0.25, 0.3) is 0 Å². The third-order valence-electron chi connectivity index (χ3n) is 1.25. The van der Waals surface area contributed by atoms with Crippen LogP contribution in [0.15, 0.2) is 6.20 Å². The van der Waals surface area contributed by atoms with Gasteiger partial charge in [0.25, 0.3) is 0 Å². The van der Waals surface area contributed by atoms with Gasteiger partial charge in [0.05, 0.1) is 6.20 Å². The van der Waals surface area contributed by atoms with E-state index >= 15 is 0 Å². The van der Waals surface area contributed by atoms with Crippen LogP contribution in [0.5, 0.6) is 0 Å². The zero-order valence-corrected chi connectivity index (χ0v) is 6.15. The van der Waals surface area contributed by atoms with Gasteiger partial charge in [0.2, 0.25) is 0 Å². The molecule has 0 saturated carbocycles. The molecule has 1 rings (SSSR count). The molecule has 0 fully saturated rings. The molecule has 0 aliphatic rings. The number of aryl methyl sites for hydroxylation is 1. The summed E-state index contributed by atoms with van der Waals surface area (Å²) in [5.41, 5.74) is 3.08. The van der Waals surface area contributed by atoms with E-state index in [1.54, 1.807) is 17.9 Å². The Labute approximate surface area is 64.5 Å². The van der Waals surface area contributed by atoms with E-state index in [2.05, 4.69) is 21.7 Å². The molecule has 0 aliphatic heterocycles. The largest absolute Gasteiger partial charge is 0.270 e. The number of terminal acetylenes is 1. The first kappa shape index (κ1) is 7.72. The number of nitrogens with one attached hydrogen (secondary N) is 1. The van der Waals surface area contributed by atoms with E-state index in [9.17, 15) is 0 Å². The van der Waals surface area contributed by atoms with Crippen molar-refractivity contribution in [3.8, 4) is 12.3 Å². The Morgan fingerprint density at radius 2 is 2.64 bits per heavy atom. The van der Waals surface area contributed by atoms with Crippen LogP contribution in [-0.2, 0) is 7.05 Å². The van der Waals surface area contributed by atoms with Crippen LogP contribution < -0.4 is 11.3 Å². The summed E-state index contributed by atoms with van der Waals surface area (Å²) >= 11 is 0. The summed E-state index contributed by atoms with van der Waals surface area (Å²) in [7, 11) is 1.76. The van der Waals surface area contributed by atoms with Crippen molar-refractivity contribution in [2.45, 2.75) is 6.04 Å². The Morgan fingerprint density at radius 3 is 3.00 bits per heavy atom. The van der Waals surface area contributed by atoms with Gasteiger partial charge >= 0.3 is 0 Å². The zero-order chi connectivity index (χ0) is 8.27. The maximum Gasteiger partial charge on any atom is 0.127 e. The summed E-state index contributed by atoms with van der Waals surface area (Å²) in [5.74, 6) is 7.58. The maximum absolute atomic E-state index is 5.16. The van der Waals surface area contributed by atoms with Crippen molar-refractivity contribution in [1.29, 1.82) is 0 Å². The van der Waals surface area contributed by atoms with Gasteiger partial charge in [-0.25, -0.2) is 5.43 Å². The fourth-order valence-electron chi connectivity index (χ4n) is 0.716. The fourth-order valence-corrected chi connectivity index (χ4v) is 0.716. The Kier molecular flexibility index (Phi) is 2.21. The summed E-state index contributed by atoms with van der Waals surface area (Å²) in [6, 6.07) is -0.358. The Morgan fingerprint density at radius 1 is 1.91 bits per heavy atom. The summed E-state index contributed by atoms with van der Waals surface area (Å²) in [6.07, 6.45) is 6.87. The molecule has 3 N–H and O–H groups in total. The molecule has 5 nitrogen and oxygen atoms in total. The van der Waals surface area contributed by atoms with E-state index in [1.165, 1.54) is 0 Å². The third kappa shape index (κ3) is 1.55. The molecule has 0 bridgehead atoms. The number of hydrogen-bond donors (Lipinski definition) is 2. The molecule has 1 aromatic heterocycles. The average molecular weight is 151 g/mol. The van der Waals surface area contributed by atoms with Gasteiger partial charge in [0, 0.05) is 7.05 Å². The summed E-state index contributed by atoms with van der Waals surface area (Å²) in [5, 5.41) is 7.49. The Balaban J connectivity index is 2.84. The predicted octanol–water partition coefficient (Wildman–Crippen LogP) is -1.05. The van der Waals surface area contributed by atoms with Crippen molar-refractivity contribution >= 4 is 0 Å². The lowest BCUT2D eigenvalue weighted by molar-refractivity contribution is 0.652. The average Bonchev–Trinajstić information content (AvgIpc) is 2.39. The number of nitrogens with zero attached hydrogens (tertiary/aromatic N) is 3. The second kappa shape index (κ2) is 3.14. The number of nitrogens with two attached hydrogens (primary N) is 1. The van der Waals surface area contributed by atoms with Crippen molar-refractivity contribution in [3.63, 3.8) is 0 Å². The highest BCUT2D eigenvalue weighted by Crippen LogP contribution is 2.04. The minimum Gasteiger partial charge on any atom is -0.270 e. The number of aromatic nitrogens is 3. The van der Waals surface area contributed by atoms with E-state index < -0.39 is 0 Å². The minimum atomic E-state index is -0.358. The lowest BCUT2D eigenvalue weighted by Gasteiger charge is -2.02. The van der Waals surface area contributed by atoms with Gasteiger partial charge < -0.3 is 0 Å². The van der Waals surface area contributed by atoms with Gasteiger partial charge in [0.1, 0.15) is 11.7 Å². The maximum atomic E-state index is 5.16. The van der Waals surface area contributed by atoms with Gasteiger partial charge in [-0.3, -0.25) is 10.5 Å². The number of hydrazine groups is 1. The summed E-state index contributed by atoms with van der Waals surface area (Å²) < 4.78 is 1.57. The standard InChI is InChI=1S/C6H9N5/c1-3-5(8-7)6-4-11(2)10-9-6/h1,4-5,8H,7H2,2H3. The number of hydrogen-bond acceptors (Lipinski definition) is 4. The third-order valence-corrected chi connectivity index (χ3v) is 1.25. The Hall–Kier alpha value is -1.38. The predicted molar refractivity (Wildman–Crippen MR) is 39.9 cm³/mol. The number of rotatable bonds is 2. The highest BCUT2D eigenvalue weighted by Gasteiger charge is 2.08. The normalized spacial score (nSPS) is 12.5. The molecule has 1 aromatic rings. The van der Waals surface area contributed by atoms with Crippen LogP contribution >= 0.6 is 0 Å². The summed E-state index contributed by atoms with van der Waals surface area (Å²) in [4.78, 5) is 0. The SMILES string of the molecule is C#CC(NN)c1cn(C)nn1. The van der Waals surface area contributed by atoms with Crippen molar-refractivity contribution in [2.75, 3.05) is 0 Å². The van der Waals surface area contributed by atoms with E-state index in [0.717, 1.165) is 0 Å². The van der Waals surface area contributed by atoms with Crippen LogP contribution in [0, 0.1) is 12.3 Å². The van der Waals surface area contributed by atoms with Crippen molar-refractivity contribution in [2.24, 2.45) is 12.9 Å². The van der Waals surface area contributed by atoms with Crippen molar-refractivity contribution in [3.05, 3.63) is 11.9 Å². The molecule has 1 atom stereocenters. The molecule has 0 radical (unpaired) electrons. The second-order valence-corrected chi connectivity index (χ2v) is 2.08. The Bertz CT molecular complexity index is 271. The van der Waals surface area contributed by atoms with E-state index in [1.807, 2.05) is 0 Å². The monoisotopic (exact) mass is 151 g/mol. The van der Waals surface area contributed by atoms with Gasteiger partial charge in [-0.1, -0.05) is 11.1 Å². The zero-order valence-electron chi connectivity index (χ0n) is 6.15. The van der Waals surface area contributed by atoms with Crippen LogP contribution in [0.1, 0.15) is 11.7 Å². The molecule has 1 unspecified atom stereocenters. The van der Waals surface area contributed by atoms with Crippen molar-refractivity contribution in [1.82, 2.24) is 20.4 Å². The highest BCUT2D eigenvalue weighted by molar-refractivity contribution is 5.13. The molecule has 0 aliphatic carbocycles. The van der Waals surface area contributed by atoms with Crippen molar-refractivity contribution < 1.29 is 0 Å². The van der Waals surface area contributed by atoms with Crippen LogP contribution in [-0.4, -0.2) is 15.0 Å². The lowest BCUT2D eigenvalue weighted by atomic mass is 10.2. The van der Waals surface area contributed by atoms with Crippen LogP contribution in [0.2, 0.25) is 0 Å². The summed E-state index contributed by atoms with van der Waals surface area (Å²) in [6.45, 7) is 0. The van der Waals surface area contributed by atoms with Gasteiger partial charge in [-0.2, -0.15) is 0 Å². The molecular formula is C6H9N5. The smallest absolute Gasteiger partial charge is 0.127 e. The first-order valence-electron chi connectivity index (χ1n) is 3.06. The first-order valence-corrected chi connectivity index (χ1v) is 3.06. The van der Waals surface area contributed by atoms with Crippen LogP contribution in [0.3, 0.4) is 0 Å². The lowest BCUT2D eigenvalue weighted by Crippen LogP contribution is -2.27. The van der Waals surface area contributed by atoms with Gasteiger partial charge in [-0.15, -0.1) is 11.5 Å². The van der Waals surface area contributed by atoms with Gasteiger partial charge in [0.15, 0.2) is 0 Å².